The SMILES string of the molecule is CSc1cc(C2(C(=O)O)CCC2)cc(Br)c1SC. The Morgan fingerprint density at radius 2 is 2.00 bits per heavy atom. The van der Waals surface area contributed by atoms with Crippen LogP contribution >= 0.6 is 39.5 Å². The van der Waals surface area contributed by atoms with Gasteiger partial charge >= 0.3 is 5.97 Å². The zero-order valence-corrected chi connectivity index (χ0v) is 13.5. The van der Waals surface area contributed by atoms with Crippen LogP contribution in [0.15, 0.2) is 26.4 Å². The summed E-state index contributed by atoms with van der Waals surface area (Å²) in [6.45, 7) is 0. The van der Waals surface area contributed by atoms with E-state index in [1.165, 1.54) is 4.90 Å². The lowest BCUT2D eigenvalue weighted by Crippen LogP contribution is -2.42. The van der Waals surface area contributed by atoms with E-state index in [2.05, 4.69) is 22.0 Å². The lowest BCUT2D eigenvalue weighted by molar-refractivity contribution is -0.147. The van der Waals surface area contributed by atoms with Crippen LogP contribution in [0.4, 0.5) is 0 Å². The second-order valence-corrected chi connectivity index (χ2v) is 6.95. The van der Waals surface area contributed by atoms with Crippen LogP contribution in [0.2, 0.25) is 0 Å². The Hall–Kier alpha value is -0.130. The van der Waals surface area contributed by atoms with Gasteiger partial charge in [-0.2, -0.15) is 0 Å². The first-order chi connectivity index (χ1) is 8.55. The maximum atomic E-state index is 11.5. The van der Waals surface area contributed by atoms with Gasteiger partial charge in [0.05, 0.1) is 5.41 Å². The van der Waals surface area contributed by atoms with E-state index in [-0.39, 0.29) is 0 Å². The van der Waals surface area contributed by atoms with Gasteiger partial charge in [-0.3, -0.25) is 4.79 Å². The molecule has 2 rings (SSSR count). The number of carboxylic acid groups (broad SMARTS) is 1. The molecule has 1 aliphatic rings. The van der Waals surface area contributed by atoms with Crippen LogP contribution in [0.1, 0.15) is 24.8 Å². The van der Waals surface area contributed by atoms with Gasteiger partial charge in [-0.15, -0.1) is 23.5 Å². The number of benzene rings is 1. The molecular weight excluding hydrogens is 332 g/mol. The highest BCUT2D eigenvalue weighted by atomic mass is 79.9. The van der Waals surface area contributed by atoms with E-state index in [0.717, 1.165) is 34.2 Å². The molecule has 0 unspecified atom stereocenters. The van der Waals surface area contributed by atoms with Crippen LogP contribution in [0, 0.1) is 0 Å². The minimum Gasteiger partial charge on any atom is -0.481 e. The van der Waals surface area contributed by atoms with Gasteiger partial charge in [-0.25, -0.2) is 0 Å². The van der Waals surface area contributed by atoms with E-state index in [1.54, 1.807) is 23.5 Å². The molecule has 0 aliphatic heterocycles. The predicted molar refractivity (Wildman–Crippen MR) is 80.9 cm³/mol. The Morgan fingerprint density at radius 1 is 1.33 bits per heavy atom. The number of thioether (sulfide) groups is 2. The second kappa shape index (κ2) is 5.47. The Bertz CT molecular complexity index is 484. The maximum Gasteiger partial charge on any atom is 0.314 e. The van der Waals surface area contributed by atoms with Crippen LogP contribution in [-0.2, 0) is 10.2 Å². The fourth-order valence-corrected chi connectivity index (χ4v) is 4.98. The second-order valence-electron chi connectivity index (χ2n) is 4.43. The zero-order chi connectivity index (χ0) is 13.3. The van der Waals surface area contributed by atoms with Crippen molar-refractivity contribution in [2.24, 2.45) is 0 Å². The number of rotatable bonds is 4. The van der Waals surface area contributed by atoms with Crippen molar-refractivity contribution in [3.05, 3.63) is 22.2 Å². The highest BCUT2D eigenvalue weighted by Gasteiger charge is 2.46. The molecule has 0 atom stereocenters. The summed E-state index contributed by atoms with van der Waals surface area (Å²) in [7, 11) is 0. The Morgan fingerprint density at radius 3 is 2.39 bits per heavy atom. The minimum absolute atomic E-state index is 0.649. The first-order valence-corrected chi connectivity index (χ1v) is 8.95. The molecule has 1 fully saturated rings. The predicted octanol–water partition coefficient (Wildman–Crippen LogP) is 4.40. The maximum absolute atomic E-state index is 11.5. The Balaban J connectivity index is 2.52. The van der Waals surface area contributed by atoms with Gasteiger partial charge in [0.2, 0.25) is 0 Å². The highest BCUT2D eigenvalue weighted by Crippen LogP contribution is 2.47. The van der Waals surface area contributed by atoms with Gasteiger partial charge in [0.15, 0.2) is 0 Å². The lowest BCUT2D eigenvalue weighted by Gasteiger charge is -2.38. The summed E-state index contributed by atoms with van der Waals surface area (Å²) >= 11 is 6.92. The smallest absolute Gasteiger partial charge is 0.314 e. The molecule has 0 amide bonds. The summed E-state index contributed by atoms with van der Waals surface area (Å²) in [4.78, 5) is 13.9. The topological polar surface area (TPSA) is 37.3 Å². The lowest BCUT2D eigenvalue weighted by atomic mass is 9.64. The molecule has 0 bridgehead atoms. The van der Waals surface area contributed by atoms with Crippen LogP contribution in [-0.4, -0.2) is 23.6 Å². The third-order valence-electron chi connectivity index (χ3n) is 3.60. The van der Waals surface area contributed by atoms with Crippen molar-refractivity contribution in [2.75, 3.05) is 12.5 Å². The quantitative estimate of drug-likeness (QED) is 0.820. The van der Waals surface area contributed by atoms with E-state index < -0.39 is 11.4 Å². The Labute approximate surface area is 124 Å². The fourth-order valence-electron chi connectivity index (χ4n) is 2.35. The molecule has 1 saturated carbocycles. The molecule has 1 aromatic carbocycles. The third-order valence-corrected chi connectivity index (χ3v) is 6.23. The van der Waals surface area contributed by atoms with Gasteiger partial charge in [0.1, 0.15) is 0 Å². The highest BCUT2D eigenvalue weighted by molar-refractivity contribution is 9.10. The van der Waals surface area contributed by atoms with E-state index in [4.69, 9.17) is 0 Å². The molecular formula is C13H15BrO2S2. The zero-order valence-electron chi connectivity index (χ0n) is 10.3. The van der Waals surface area contributed by atoms with Gasteiger partial charge < -0.3 is 5.11 Å². The van der Waals surface area contributed by atoms with E-state index in [1.807, 2.05) is 18.6 Å². The first-order valence-electron chi connectivity index (χ1n) is 5.70. The van der Waals surface area contributed by atoms with Crippen LogP contribution in [0.5, 0.6) is 0 Å². The average Bonchev–Trinajstić information content (AvgIpc) is 2.26. The molecule has 0 aromatic heterocycles. The van der Waals surface area contributed by atoms with Crippen molar-refractivity contribution < 1.29 is 9.90 Å². The van der Waals surface area contributed by atoms with Crippen LogP contribution in [0.25, 0.3) is 0 Å². The van der Waals surface area contributed by atoms with Crippen molar-refractivity contribution in [1.29, 1.82) is 0 Å². The van der Waals surface area contributed by atoms with Crippen molar-refractivity contribution in [1.82, 2.24) is 0 Å². The third kappa shape index (κ3) is 2.21. The van der Waals surface area contributed by atoms with Gasteiger partial charge in [-0.05, 0) is 59.0 Å². The molecule has 2 nitrogen and oxygen atoms in total. The van der Waals surface area contributed by atoms with E-state index >= 15 is 0 Å². The van der Waals surface area contributed by atoms with Crippen molar-refractivity contribution in [3.8, 4) is 0 Å². The molecule has 5 heteroatoms. The van der Waals surface area contributed by atoms with Crippen molar-refractivity contribution in [2.45, 2.75) is 34.5 Å². The summed E-state index contributed by atoms with van der Waals surface area (Å²) in [5, 5.41) is 9.49. The molecule has 0 radical (unpaired) electrons. The molecule has 1 N–H and O–H groups in total. The van der Waals surface area contributed by atoms with E-state index in [9.17, 15) is 9.90 Å². The van der Waals surface area contributed by atoms with Gasteiger partial charge in [0.25, 0.3) is 0 Å². The van der Waals surface area contributed by atoms with Gasteiger partial charge in [0, 0.05) is 14.3 Å². The molecule has 18 heavy (non-hydrogen) atoms. The average molecular weight is 347 g/mol. The molecule has 0 heterocycles. The van der Waals surface area contributed by atoms with E-state index in [0.29, 0.717) is 0 Å². The standard InChI is InChI=1S/C13H15BrO2S2/c1-17-10-7-8(6-9(14)11(10)18-2)13(12(15)16)4-3-5-13/h6-7H,3-5H2,1-2H3,(H,15,16). The van der Waals surface area contributed by atoms with Crippen LogP contribution < -0.4 is 0 Å². The minimum atomic E-state index is -0.690. The summed E-state index contributed by atoms with van der Waals surface area (Å²) in [6, 6.07) is 4.04. The van der Waals surface area contributed by atoms with Gasteiger partial charge in [-0.1, -0.05) is 6.42 Å². The van der Waals surface area contributed by atoms with Crippen molar-refractivity contribution in [3.63, 3.8) is 0 Å². The number of hydrogen-bond acceptors (Lipinski definition) is 3. The summed E-state index contributed by atoms with van der Waals surface area (Å²) in [5.41, 5.74) is 0.291. The molecule has 98 valence electrons. The number of hydrogen-bond donors (Lipinski definition) is 1. The molecule has 1 aliphatic carbocycles. The summed E-state index contributed by atoms with van der Waals surface area (Å²) < 4.78 is 1.00. The molecule has 0 saturated heterocycles. The first kappa shape index (κ1) is 14.3. The normalized spacial score (nSPS) is 17.3. The number of carboxylic acids is 1. The number of carbonyl (C=O) groups is 1. The molecule has 1 aromatic rings. The monoisotopic (exact) mass is 346 g/mol. The largest absolute Gasteiger partial charge is 0.481 e. The number of halogens is 1. The summed E-state index contributed by atoms with van der Waals surface area (Å²) in [5.74, 6) is -0.690. The Kier molecular flexibility index (Phi) is 4.34. The number of aliphatic carboxylic acids is 1. The fraction of sp³-hybridized carbons (Fsp3) is 0.462. The van der Waals surface area contributed by atoms with Crippen LogP contribution in [0.3, 0.4) is 0 Å². The molecule has 0 spiro atoms. The van der Waals surface area contributed by atoms with Crippen molar-refractivity contribution >= 4 is 45.4 Å². The summed E-state index contributed by atoms with van der Waals surface area (Å²) in [6.07, 6.45) is 6.57.